The van der Waals surface area contributed by atoms with E-state index in [2.05, 4.69) is 4.98 Å². The molecule has 0 aliphatic heterocycles. The molecule has 6 heteroatoms. The predicted octanol–water partition coefficient (Wildman–Crippen LogP) is 2.64. The fraction of sp³-hybridized carbons (Fsp3) is 0.0769. The number of aromatic amines is 1. The van der Waals surface area contributed by atoms with Crippen LogP contribution in [0.2, 0.25) is 0 Å². The van der Waals surface area contributed by atoms with Gasteiger partial charge in [-0.3, -0.25) is 4.79 Å². The Balaban J connectivity index is 2.83. The molecule has 2 aromatic rings. The molecule has 0 unspecified atom stereocenters. The topological polar surface area (TPSA) is 56.6 Å². The van der Waals surface area contributed by atoms with Crippen molar-refractivity contribution in [3.05, 3.63) is 57.3 Å². The van der Waals surface area contributed by atoms with Crippen LogP contribution in [-0.2, 0) is 0 Å². The largest absolute Gasteiger partial charge is 0.325 e. The molecule has 0 fully saturated rings. The molecule has 0 aliphatic carbocycles. The molecule has 0 bridgehead atoms. The van der Waals surface area contributed by atoms with Gasteiger partial charge in [0.1, 0.15) is 17.4 Å². The first-order chi connectivity index (χ1) is 8.93. The van der Waals surface area contributed by atoms with E-state index in [4.69, 9.17) is 5.26 Å². The van der Waals surface area contributed by atoms with Crippen LogP contribution in [0, 0.1) is 35.7 Å². The van der Waals surface area contributed by atoms with Crippen molar-refractivity contribution in [2.24, 2.45) is 0 Å². The molecule has 3 nitrogen and oxygen atoms in total. The number of halogens is 3. The molecule has 0 aliphatic rings. The monoisotopic (exact) mass is 264 g/mol. The highest BCUT2D eigenvalue weighted by Gasteiger charge is 2.16. The van der Waals surface area contributed by atoms with Gasteiger partial charge in [-0.25, -0.2) is 13.2 Å². The molecule has 1 aromatic heterocycles. The zero-order valence-corrected chi connectivity index (χ0v) is 9.72. The van der Waals surface area contributed by atoms with Crippen LogP contribution in [0.25, 0.3) is 11.1 Å². The standard InChI is InChI=1S/C13H7F3N2O/c1-6-2-7(9(5-17)13(19)18-6)8-3-11(15)12(16)4-10(8)14/h2-4H,1H3,(H,18,19). The van der Waals surface area contributed by atoms with Crippen molar-refractivity contribution in [3.63, 3.8) is 0 Å². The van der Waals surface area contributed by atoms with Crippen molar-refractivity contribution >= 4 is 0 Å². The summed E-state index contributed by atoms with van der Waals surface area (Å²) in [6.45, 7) is 1.53. The first-order valence-corrected chi connectivity index (χ1v) is 5.23. The minimum atomic E-state index is -1.33. The number of nitrogens with zero attached hydrogens (tertiary/aromatic N) is 1. The number of aryl methyl sites for hydroxylation is 1. The lowest BCUT2D eigenvalue weighted by Gasteiger charge is -2.07. The zero-order chi connectivity index (χ0) is 14.2. The summed E-state index contributed by atoms with van der Waals surface area (Å²) in [5.41, 5.74) is -1.08. The molecular weight excluding hydrogens is 257 g/mol. The van der Waals surface area contributed by atoms with Crippen LogP contribution in [0.1, 0.15) is 11.3 Å². The number of hydrogen-bond donors (Lipinski definition) is 1. The Morgan fingerprint density at radius 1 is 1.05 bits per heavy atom. The molecule has 0 atom stereocenters. The zero-order valence-electron chi connectivity index (χ0n) is 9.72. The molecule has 19 heavy (non-hydrogen) atoms. The van der Waals surface area contributed by atoms with Crippen LogP contribution in [0.15, 0.2) is 23.0 Å². The molecule has 0 radical (unpaired) electrons. The molecular formula is C13H7F3N2O. The Hall–Kier alpha value is -2.55. The molecule has 0 saturated carbocycles. The predicted molar refractivity (Wildman–Crippen MR) is 61.8 cm³/mol. The molecule has 1 heterocycles. The Morgan fingerprint density at radius 3 is 2.32 bits per heavy atom. The summed E-state index contributed by atoms with van der Waals surface area (Å²) in [7, 11) is 0. The van der Waals surface area contributed by atoms with Crippen LogP contribution in [-0.4, -0.2) is 4.98 Å². The number of nitrogens with one attached hydrogen (secondary N) is 1. The van der Waals surface area contributed by atoms with Crippen LogP contribution in [0.3, 0.4) is 0 Å². The maximum atomic E-state index is 13.7. The van der Waals surface area contributed by atoms with Crippen molar-refractivity contribution in [2.45, 2.75) is 6.92 Å². The summed E-state index contributed by atoms with van der Waals surface area (Å²) >= 11 is 0. The van der Waals surface area contributed by atoms with Crippen LogP contribution >= 0.6 is 0 Å². The second kappa shape index (κ2) is 4.61. The van der Waals surface area contributed by atoms with E-state index >= 15 is 0 Å². The van der Waals surface area contributed by atoms with Crippen LogP contribution in [0.5, 0.6) is 0 Å². The second-order valence-electron chi connectivity index (χ2n) is 3.93. The lowest BCUT2D eigenvalue weighted by molar-refractivity contribution is 0.496. The average Bonchev–Trinajstić information content (AvgIpc) is 2.33. The summed E-state index contributed by atoms with van der Waals surface area (Å²) in [5, 5.41) is 8.91. The number of H-pyrrole nitrogens is 1. The van der Waals surface area contributed by atoms with Crippen molar-refractivity contribution in [1.82, 2.24) is 4.98 Å². The molecule has 1 aromatic carbocycles. The van der Waals surface area contributed by atoms with Gasteiger partial charge < -0.3 is 4.98 Å². The molecule has 0 saturated heterocycles. The number of rotatable bonds is 1. The third-order valence-electron chi connectivity index (χ3n) is 2.58. The third-order valence-corrected chi connectivity index (χ3v) is 2.58. The Bertz CT molecular complexity index is 760. The number of pyridine rings is 1. The van der Waals surface area contributed by atoms with E-state index in [0.29, 0.717) is 17.8 Å². The van der Waals surface area contributed by atoms with Gasteiger partial charge in [-0.05, 0) is 19.1 Å². The van der Waals surface area contributed by atoms with Gasteiger partial charge in [-0.1, -0.05) is 0 Å². The van der Waals surface area contributed by atoms with E-state index in [-0.39, 0.29) is 16.7 Å². The van der Waals surface area contributed by atoms with E-state index in [9.17, 15) is 18.0 Å². The highest BCUT2D eigenvalue weighted by molar-refractivity contribution is 5.70. The van der Waals surface area contributed by atoms with Crippen molar-refractivity contribution in [2.75, 3.05) is 0 Å². The highest BCUT2D eigenvalue weighted by atomic mass is 19.2. The quantitative estimate of drug-likeness (QED) is 0.805. The fourth-order valence-corrected chi connectivity index (χ4v) is 1.74. The summed E-state index contributed by atoms with van der Waals surface area (Å²) < 4.78 is 39.7. The average molecular weight is 264 g/mol. The number of aromatic nitrogens is 1. The highest BCUT2D eigenvalue weighted by Crippen LogP contribution is 2.26. The van der Waals surface area contributed by atoms with Gasteiger partial charge in [0.25, 0.3) is 5.56 Å². The van der Waals surface area contributed by atoms with Gasteiger partial charge in [0, 0.05) is 22.9 Å². The number of benzene rings is 1. The van der Waals surface area contributed by atoms with E-state index in [0.717, 1.165) is 0 Å². The van der Waals surface area contributed by atoms with Crippen molar-refractivity contribution in [3.8, 4) is 17.2 Å². The van der Waals surface area contributed by atoms with Crippen LogP contribution in [0.4, 0.5) is 13.2 Å². The minimum absolute atomic E-state index is 0.0693. The van der Waals surface area contributed by atoms with E-state index in [1.807, 2.05) is 0 Å². The Kier molecular flexibility index (Phi) is 3.13. The van der Waals surface area contributed by atoms with E-state index < -0.39 is 23.0 Å². The normalized spacial score (nSPS) is 10.3. The number of hydrogen-bond acceptors (Lipinski definition) is 2. The van der Waals surface area contributed by atoms with E-state index in [1.165, 1.54) is 13.0 Å². The molecule has 96 valence electrons. The summed E-state index contributed by atoms with van der Waals surface area (Å²) in [6, 6.07) is 3.96. The van der Waals surface area contributed by atoms with Gasteiger partial charge in [-0.15, -0.1) is 0 Å². The lowest BCUT2D eigenvalue weighted by atomic mass is 10.0. The molecule has 2 rings (SSSR count). The van der Waals surface area contributed by atoms with Crippen molar-refractivity contribution in [1.29, 1.82) is 5.26 Å². The van der Waals surface area contributed by atoms with Gasteiger partial charge in [0.05, 0.1) is 0 Å². The minimum Gasteiger partial charge on any atom is -0.325 e. The summed E-state index contributed by atoms with van der Waals surface area (Å²) in [4.78, 5) is 13.9. The SMILES string of the molecule is Cc1cc(-c2cc(F)c(F)cc2F)c(C#N)c(=O)[nH]1. The molecule has 1 N–H and O–H groups in total. The fourth-order valence-electron chi connectivity index (χ4n) is 1.74. The van der Waals surface area contributed by atoms with Crippen LogP contribution < -0.4 is 5.56 Å². The lowest BCUT2D eigenvalue weighted by Crippen LogP contribution is -2.13. The Morgan fingerprint density at radius 2 is 1.68 bits per heavy atom. The van der Waals surface area contributed by atoms with Gasteiger partial charge in [0.2, 0.25) is 0 Å². The second-order valence-corrected chi connectivity index (χ2v) is 3.93. The van der Waals surface area contributed by atoms with Gasteiger partial charge in [0.15, 0.2) is 11.6 Å². The molecule has 0 amide bonds. The molecule has 0 spiro atoms. The number of nitriles is 1. The van der Waals surface area contributed by atoms with Gasteiger partial charge >= 0.3 is 0 Å². The Labute approximate surface area is 105 Å². The maximum Gasteiger partial charge on any atom is 0.266 e. The first kappa shape index (κ1) is 12.9. The van der Waals surface area contributed by atoms with Crippen molar-refractivity contribution < 1.29 is 13.2 Å². The van der Waals surface area contributed by atoms with Gasteiger partial charge in [-0.2, -0.15) is 5.26 Å². The maximum absolute atomic E-state index is 13.7. The summed E-state index contributed by atoms with van der Waals surface area (Å²) in [6.07, 6.45) is 0. The van der Waals surface area contributed by atoms with E-state index in [1.54, 1.807) is 6.07 Å². The summed E-state index contributed by atoms with van der Waals surface area (Å²) in [5.74, 6) is -3.63. The first-order valence-electron chi connectivity index (χ1n) is 5.23. The third kappa shape index (κ3) is 2.22. The smallest absolute Gasteiger partial charge is 0.266 e.